The second-order valence-corrected chi connectivity index (χ2v) is 6.00. The molecule has 0 saturated heterocycles. The van der Waals surface area contributed by atoms with Crippen LogP contribution in [-0.2, 0) is 10.0 Å². The van der Waals surface area contributed by atoms with E-state index in [1.54, 1.807) is 37.5 Å². The quantitative estimate of drug-likeness (QED) is 0.880. The lowest BCUT2D eigenvalue weighted by molar-refractivity contribution is 0.539. The standard InChI is InChI=1S/C13H17N3O2S/c1-3-11(13-14-8-9-15-13)16-19(17,18)12-7-5-4-6-10(12)2/h4-9,11,16H,3H2,1-2H3,(H,14,15). The highest BCUT2D eigenvalue weighted by molar-refractivity contribution is 7.89. The first-order valence-corrected chi connectivity index (χ1v) is 7.60. The summed E-state index contributed by atoms with van der Waals surface area (Å²) >= 11 is 0. The first-order chi connectivity index (χ1) is 9.04. The Morgan fingerprint density at radius 1 is 1.37 bits per heavy atom. The highest BCUT2D eigenvalue weighted by Crippen LogP contribution is 2.19. The number of aromatic nitrogens is 2. The lowest BCUT2D eigenvalue weighted by Crippen LogP contribution is -2.29. The van der Waals surface area contributed by atoms with E-state index in [0.29, 0.717) is 17.1 Å². The van der Waals surface area contributed by atoms with Gasteiger partial charge in [0.1, 0.15) is 5.82 Å². The largest absolute Gasteiger partial charge is 0.347 e. The topological polar surface area (TPSA) is 74.8 Å². The monoisotopic (exact) mass is 279 g/mol. The average Bonchev–Trinajstić information content (AvgIpc) is 2.90. The summed E-state index contributed by atoms with van der Waals surface area (Å²) in [6.07, 6.45) is 3.92. The lowest BCUT2D eigenvalue weighted by atomic mass is 10.2. The van der Waals surface area contributed by atoms with Gasteiger partial charge in [-0.2, -0.15) is 0 Å². The number of nitrogens with one attached hydrogen (secondary N) is 2. The number of benzene rings is 1. The van der Waals surface area contributed by atoms with Crippen molar-refractivity contribution in [2.75, 3.05) is 0 Å². The Balaban J connectivity index is 2.29. The zero-order valence-electron chi connectivity index (χ0n) is 10.9. The van der Waals surface area contributed by atoms with Crippen LogP contribution in [0.1, 0.15) is 30.8 Å². The number of rotatable bonds is 5. The van der Waals surface area contributed by atoms with Crippen molar-refractivity contribution in [2.24, 2.45) is 0 Å². The fourth-order valence-corrected chi connectivity index (χ4v) is 3.44. The predicted molar refractivity (Wildman–Crippen MR) is 73.1 cm³/mol. The number of sulfonamides is 1. The average molecular weight is 279 g/mol. The third kappa shape index (κ3) is 3.02. The molecule has 2 aromatic rings. The third-order valence-corrected chi connectivity index (χ3v) is 4.57. The van der Waals surface area contributed by atoms with Crippen molar-refractivity contribution in [3.63, 3.8) is 0 Å². The van der Waals surface area contributed by atoms with Gasteiger partial charge in [-0.3, -0.25) is 0 Å². The van der Waals surface area contributed by atoms with Gasteiger partial charge in [0.05, 0.1) is 10.9 Å². The first kappa shape index (κ1) is 13.8. The van der Waals surface area contributed by atoms with E-state index in [2.05, 4.69) is 14.7 Å². The summed E-state index contributed by atoms with van der Waals surface area (Å²) in [5.74, 6) is 0.625. The minimum atomic E-state index is -3.54. The summed E-state index contributed by atoms with van der Waals surface area (Å²) in [5, 5.41) is 0. The molecule has 0 fully saturated rings. The molecule has 0 radical (unpaired) electrons. The molecule has 6 heteroatoms. The van der Waals surface area contributed by atoms with Crippen molar-refractivity contribution in [2.45, 2.75) is 31.2 Å². The summed E-state index contributed by atoms with van der Waals surface area (Å²) < 4.78 is 27.4. The molecule has 1 aromatic carbocycles. The molecule has 1 aromatic heterocycles. The van der Waals surface area contributed by atoms with Crippen LogP contribution in [0.15, 0.2) is 41.6 Å². The molecule has 1 heterocycles. The van der Waals surface area contributed by atoms with Crippen molar-refractivity contribution in [1.29, 1.82) is 0 Å². The second-order valence-electron chi connectivity index (χ2n) is 4.32. The summed E-state index contributed by atoms with van der Waals surface area (Å²) in [6.45, 7) is 3.69. The number of imidazole rings is 1. The van der Waals surface area contributed by atoms with E-state index in [0.717, 1.165) is 5.56 Å². The Hall–Kier alpha value is -1.66. The maximum absolute atomic E-state index is 12.4. The van der Waals surface area contributed by atoms with Crippen molar-refractivity contribution in [3.8, 4) is 0 Å². The Bertz CT molecular complexity index is 636. The van der Waals surface area contributed by atoms with E-state index in [9.17, 15) is 8.42 Å². The molecule has 0 aliphatic rings. The van der Waals surface area contributed by atoms with Crippen molar-refractivity contribution < 1.29 is 8.42 Å². The molecule has 5 nitrogen and oxygen atoms in total. The lowest BCUT2D eigenvalue weighted by Gasteiger charge is -2.16. The molecule has 19 heavy (non-hydrogen) atoms. The molecule has 1 atom stereocenters. The third-order valence-electron chi connectivity index (χ3n) is 2.94. The summed E-state index contributed by atoms with van der Waals surface area (Å²) in [7, 11) is -3.54. The first-order valence-electron chi connectivity index (χ1n) is 6.12. The fourth-order valence-electron chi connectivity index (χ4n) is 1.91. The van der Waals surface area contributed by atoms with Crippen LogP contribution < -0.4 is 4.72 Å². The molecule has 0 aliphatic carbocycles. The van der Waals surface area contributed by atoms with Crippen LogP contribution in [0.3, 0.4) is 0 Å². The molecular formula is C13H17N3O2S. The fraction of sp³-hybridized carbons (Fsp3) is 0.308. The smallest absolute Gasteiger partial charge is 0.241 e. The molecule has 0 bridgehead atoms. The number of hydrogen-bond donors (Lipinski definition) is 2. The zero-order valence-corrected chi connectivity index (χ0v) is 11.7. The Kier molecular flexibility index (Phi) is 4.01. The maximum Gasteiger partial charge on any atom is 0.241 e. The molecular weight excluding hydrogens is 262 g/mol. The van der Waals surface area contributed by atoms with Gasteiger partial charge in [-0.05, 0) is 25.0 Å². The minimum Gasteiger partial charge on any atom is -0.347 e. The van der Waals surface area contributed by atoms with E-state index in [1.807, 2.05) is 13.0 Å². The number of aryl methyl sites for hydroxylation is 1. The second kappa shape index (κ2) is 5.54. The van der Waals surface area contributed by atoms with Gasteiger partial charge in [-0.25, -0.2) is 18.1 Å². The van der Waals surface area contributed by atoms with Crippen LogP contribution in [-0.4, -0.2) is 18.4 Å². The predicted octanol–water partition coefficient (Wildman–Crippen LogP) is 2.15. The van der Waals surface area contributed by atoms with Gasteiger partial charge >= 0.3 is 0 Å². The normalized spacial score (nSPS) is 13.4. The summed E-state index contributed by atoms with van der Waals surface area (Å²) in [6, 6.07) is 6.57. The molecule has 1 unspecified atom stereocenters. The van der Waals surface area contributed by atoms with Crippen LogP contribution in [0.2, 0.25) is 0 Å². The molecule has 102 valence electrons. The maximum atomic E-state index is 12.4. The van der Waals surface area contributed by atoms with Gasteiger partial charge in [0, 0.05) is 12.4 Å². The molecule has 2 N–H and O–H groups in total. The van der Waals surface area contributed by atoms with Crippen LogP contribution >= 0.6 is 0 Å². The van der Waals surface area contributed by atoms with E-state index >= 15 is 0 Å². The van der Waals surface area contributed by atoms with Gasteiger partial charge in [-0.15, -0.1) is 0 Å². The molecule has 0 saturated carbocycles. The van der Waals surface area contributed by atoms with Crippen molar-refractivity contribution >= 4 is 10.0 Å². The van der Waals surface area contributed by atoms with Crippen LogP contribution in [0, 0.1) is 6.92 Å². The number of aromatic amines is 1. The van der Waals surface area contributed by atoms with E-state index < -0.39 is 10.0 Å². The van der Waals surface area contributed by atoms with E-state index in [1.165, 1.54) is 0 Å². The zero-order chi connectivity index (χ0) is 13.9. The van der Waals surface area contributed by atoms with Crippen LogP contribution in [0.4, 0.5) is 0 Å². The van der Waals surface area contributed by atoms with Gasteiger partial charge < -0.3 is 4.98 Å². The van der Waals surface area contributed by atoms with E-state index in [-0.39, 0.29) is 6.04 Å². The number of nitrogens with zero attached hydrogens (tertiary/aromatic N) is 1. The molecule has 2 rings (SSSR count). The van der Waals surface area contributed by atoms with Gasteiger partial charge in [0.25, 0.3) is 0 Å². The number of H-pyrrole nitrogens is 1. The Labute approximate surface area is 113 Å². The van der Waals surface area contributed by atoms with Crippen molar-refractivity contribution in [1.82, 2.24) is 14.7 Å². The SMILES string of the molecule is CCC(NS(=O)(=O)c1ccccc1C)c1ncc[nH]1. The highest BCUT2D eigenvalue weighted by atomic mass is 32.2. The molecule has 0 amide bonds. The summed E-state index contributed by atoms with van der Waals surface area (Å²) in [5.41, 5.74) is 0.726. The highest BCUT2D eigenvalue weighted by Gasteiger charge is 2.22. The molecule has 0 spiro atoms. The van der Waals surface area contributed by atoms with Gasteiger partial charge in [0.2, 0.25) is 10.0 Å². The van der Waals surface area contributed by atoms with Gasteiger partial charge in [0.15, 0.2) is 0 Å². The minimum absolute atomic E-state index is 0.306. The van der Waals surface area contributed by atoms with Crippen LogP contribution in [0.25, 0.3) is 0 Å². The Morgan fingerprint density at radius 3 is 2.68 bits per heavy atom. The van der Waals surface area contributed by atoms with Crippen molar-refractivity contribution in [3.05, 3.63) is 48.0 Å². The molecule has 0 aliphatic heterocycles. The summed E-state index contributed by atoms with van der Waals surface area (Å²) in [4.78, 5) is 7.35. The Morgan fingerprint density at radius 2 is 2.11 bits per heavy atom. The van der Waals surface area contributed by atoms with E-state index in [4.69, 9.17) is 0 Å². The van der Waals surface area contributed by atoms with Crippen LogP contribution in [0.5, 0.6) is 0 Å². The van der Waals surface area contributed by atoms with Gasteiger partial charge in [-0.1, -0.05) is 25.1 Å². The number of hydrogen-bond acceptors (Lipinski definition) is 3.